The van der Waals surface area contributed by atoms with Crippen LogP contribution in [0.1, 0.15) is 47.1 Å². The molecule has 0 fully saturated rings. The molecule has 0 heterocycles. The van der Waals surface area contributed by atoms with Crippen LogP contribution in [0.3, 0.4) is 0 Å². The van der Waals surface area contributed by atoms with E-state index in [0.29, 0.717) is 5.56 Å². The minimum atomic E-state index is -0.650. The van der Waals surface area contributed by atoms with Crippen molar-refractivity contribution >= 4 is 23.4 Å². The van der Waals surface area contributed by atoms with Crippen molar-refractivity contribution < 1.29 is 19.3 Å². The van der Waals surface area contributed by atoms with Gasteiger partial charge in [0.25, 0.3) is 23.4 Å². The predicted octanol–water partition coefficient (Wildman–Crippen LogP) is 2.08. The van der Waals surface area contributed by atoms with Crippen molar-refractivity contribution in [1.29, 1.82) is 0 Å². The molecule has 0 unspecified atom stereocenters. The van der Waals surface area contributed by atoms with Gasteiger partial charge in [0.05, 0.1) is 11.5 Å². The highest BCUT2D eigenvalue weighted by Gasteiger charge is 2.15. The van der Waals surface area contributed by atoms with E-state index < -0.39 is 29.2 Å². The fraction of sp³-hybridized carbons (Fsp3) is 0.250. The Hall–Kier alpha value is -3.75. The molecule has 0 aliphatic carbocycles. The number of hydrogen-bond acceptors (Lipinski definition) is 5. The first-order chi connectivity index (χ1) is 13.6. The molecular formula is C20H22N4O5. The zero-order valence-corrected chi connectivity index (χ0v) is 16.3. The van der Waals surface area contributed by atoms with E-state index in [9.17, 15) is 24.5 Å². The van der Waals surface area contributed by atoms with Crippen molar-refractivity contribution in [3.8, 4) is 0 Å². The lowest BCUT2D eigenvalue weighted by atomic mass is 9.87. The van der Waals surface area contributed by atoms with Crippen LogP contribution < -0.4 is 16.2 Å². The van der Waals surface area contributed by atoms with Crippen LogP contribution >= 0.6 is 0 Å². The summed E-state index contributed by atoms with van der Waals surface area (Å²) in [5, 5.41) is 13.1. The van der Waals surface area contributed by atoms with Gasteiger partial charge in [-0.2, -0.15) is 0 Å². The molecule has 3 N–H and O–H groups in total. The number of nitro benzene ring substituents is 1. The Labute approximate surface area is 167 Å². The first-order valence-electron chi connectivity index (χ1n) is 8.80. The maximum atomic E-state index is 12.1. The van der Waals surface area contributed by atoms with E-state index in [1.54, 1.807) is 12.1 Å². The second-order valence-electron chi connectivity index (χ2n) is 7.32. The standard InChI is InChI=1S/C20H22N4O5/c1-20(2,3)15-9-7-13(8-10-15)19(27)23-22-17(25)12-21-18(26)14-5-4-6-16(11-14)24(28)29/h4-11H,12H2,1-3H3,(H,21,26)(H,22,25)(H,23,27). The van der Waals surface area contributed by atoms with Crippen LogP contribution in [-0.2, 0) is 10.2 Å². The molecule has 0 aliphatic rings. The Bertz CT molecular complexity index is 933. The topological polar surface area (TPSA) is 130 Å². The Morgan fingerprint density at radius 2 is 1.59 bits per heavy atom. The highest BCUT2D eigenvalue weighted by molar-refractivity contribution is 5.98. The summed E-state index contributed by atoms with van der Waals surface area (Å²) < 4.78 is 0. The zero-order chi connectivity index (χ0) is 21.6. The number of nitro groups is 1. The van der Waals surface area contributed by atoms with E-state index in [2.05, 4.69) is 36.9 Å². The Balaban J connectivity index is 1.83. The second kappa shape index (κ2) is 8.96. The number of carbonyl (C=O) groups is 3. The summed E-state index contributed by atoms with van der Waals surface area (Å²) >= 11 is 0. The molecule has 2 rings (SSSR count). The minimum absolute atomic E-state index is 0.0411. The maximum absolute atomic E-state index is 12.1. The molecule has 0 saturated carbocycles. The van der Waals surface area contributed by atoms with Crippen LogP contribution in [0, 0.1) is 10.1 Å². The number of nitrogens with one attached hydrogen (secondary N) is 3. The van der Waals surface area contributed by atoms with Crippen molar-refractivity contribution in [1.82, 2.24) is 16.2 Å². The average molecular weight is 398 g/mol. The summed E-state index contributed by atoms with van der Waals surface area (Å²) in [6, 6.07) is 12.1. The van der Waals surface area contributed by atoms with Crippen LogP contribution in [0.15, 0.2) is 48.5 Å². The average Bonchev–Trinajstić information content (AvgIpc) is 2.69. The minimum Gasteiger partial charge on any atom is -0.343 e. The van der Waals surface area contributed by atoms with Crippen molar-refractivity contribution in [2.24, 2.45) is 0 Å². The molecule has 2 aromatic carbocycles. The van der Waals surface area contributed by atoms with Gasteiger partial charge in [0, 0.05) is 23.3 Å². The highest BCUT2D eigenvalue weighted by Crippen LogP contribution is 2.22. The van der Waals surface area contributed by atoms with Crippen LogP contribution in [-0.4, -0.2) is 29.2 Å². The Morgan fingerprint density at radius 3 is 2.17 bits per heavy atom. The number of benzene rings is 2. The van der Waals surface area contributed by atoms with E-state index in [1.165, 1.54) is 18.2 Å². The molecule has 2 aromatic rings. The molecule has 0 saturated heterocycles. The van der Waals surface area contributed by atoms with Crippen LogP contribution in [0.4, 0.5) is 5.69 Å². The van der Waals surface area contributed by atoms with Gasteiger partial charge in [0.15, 0.2) is 0 Å². The lowest BCUT2D eigenvalue weighted by Crippen LogP contribution is -2.46. The molecule has 0 radical (unpaired) electrons. The van der Waals surface area contributed by atoms with Crippen molar-refractivity contribution in [3.63, 3.8) is 0 Å². The van der Waals surface area contributed by atoms with Gasteiger partial charge in [-0.25, -0.2) is 0 Å². The third-order valence-corrected chi connectivity index (χ3v) is 4.06. The van der Waals surface area contributed by atoms with Crippen molar-refractivity contribution in [2.45, 2.75) is 26.2 Å². The predicted molar refractivity (Wildman–Crippen MR) is 106 cm³/mol. The van der Waals surface area contributed by atoms with Gasteiger partial charge in [0.1, 0.15) is 0 Å². The summed E-state index contributed by atoms with van der Waals surface area (Å²) in [7, 11) is 0. The normalized spacial score (nSPS) is 10.7. The maximum Gasteiger partial charge on any atom is 0.270 e. The fourth-order valence-corrected chi connectivity index (χ4v) is 2.39. The smallest absolute Gasteiger partial charge is 0.270 e. The van der Waals surface area contributed by atoms with Gasteiger partial charge in [-0.1, -0.05) is 39.0 Å². The number of hydrazine groups is 1. The molecule has 152 valence electrons. The number of amides is 3. The number of non-ortho nitro benzene ring substituents is 1. The third kappa shape index (κ3) is 6.13. The SMILES string of the molecule is CC(C)(C)c1ccc(C(=O)NNC(=O)CNC(=O)c2cccc([N+](=O)[O-])c2)cc1. The second-order valence-corrected chi connectivity index (χ2v) is 7.32. The van der Waals surface area contributed by atoms with E-state index in [1.807, 2.05) is 12.1 Å². The van der Waals surface area contributed by atoms with Crippen LogP contribution in [0.2, 0.25) is 0 Å². The number of nitrogens with zero attached hydrogens (tertiary/aromatic N) is 1. The molecule has 0 aromatic heterocycles. The fourth-order valence-electron chi connectivity index (χ4n) is 2.39. The zero-order valence-electron chi connectivity index (χ0n) is 16.3. The summed E-state index contributed by atoms with van der Waals surface area (Å²) in [5.74, 6) is -1.79. The summed E-state index contributed by atoms with van der Waals surface area (Å²) in [6.45, 7) is 5.77. The van der Waals surface area contributed by atoms with Crippen molar-refractivity contribution in [3.05, 3.63) is 75.3 Å². The van der Waals surface area contributed by atoms with Gasteiger partial charge in [-0.05, 0) is 29.2 Å². The molecule has 0 aliphatic heterocycles. The van der Waals surface area contributed by atoms with Gasteiger partial charge >= 0.3 is 0 Å². The van der Waals surface area contributed by atoms with E-state index in [0.717, 1.165) is 11.6 Å². The third-order valence-electron chi connectivity index (χ3n) is 4.06. The number of carbonyl (C=O) groups excluding carboxylic acids is 3. The lowest BCUT2D eigenvalue weighted by molar-refractivity contribution is -0.384. The molecule has 9 nitrogen and oxygen atoms in total. The molecule has 0 bridgehead atoms. The van der Waals surface area contributed by atoms with E-state index >= 15 is 0 Å². The summed E-state index contributed by atoms with van der Waals surface area (Å²) in [6.07, 6.45) is 0. The molecule has 9 heteroatoms. The highest BCUT2D eigenvalue weighted by atomic mass is 16.6. The molecule has 0 spiro atoms. The molecule has 3 amide bonds. The Morgan fingerprint density at radius 1 is 0.931 bits per heavy atom. The largest absolute Gasteiger partial charge is 0.343 e. The molecular weight excluding hydrogens is 376 g/mol. The van der Waals surface area contributed by atoms with E-state index in [4.69, 9.17) is 0 Å². The van der Waals surface area contributed by atoms with E-state index in [-0.39, 0.29) is 16.7 Å². The van der Waals surface area contributed by atoms with Gasteiger partial charge in [-0.15, -0.1) is 0 Å². The monoisotopic (exact) mass is 398 g/mol. The first kappa shape index (κ1) is 21.5. The Kier molecular flexibility index (Phi) is 6.66. The lowest BCUT2D eigenvalue weighted by Gasteiger charge is -2.19. The quantitative estimate of drug-likeness (QED) is 0.524. The van der Waals surface area contributed by atoms with Gasteiger partial charge in [-0.3, -0.25) is 35.3 Å². The number of rotatable bonds is 5. The van der Waals surface area contributed by atoms with Crippen LogP contribution in [0.25, 0.3) is 0 Å². The first-order valence-corrected chi connectivity index (χ1v) is 8.80. The van der Waals surface area contributed by atoms with Crippen molar-refractivity contribution in [2.75, 3.05) is 6.54 Å². The van der Waals surface area contributed by atoms with Gasteiger partial charge in [0.2, 0.25) is 0 Å². The summed E-state index contributed by atoms with van der Waals surface area (Å²) in [5.41, 5.74) is 5.69. The van der Waals surface area contributed by atoms with Crippen LogP contribution in [0.5, 0.6) is 0 Å². The molecule has 29 heavy (non-hydrogen) atoms. The van der Waals surface area contributed by atoms with Gasteiger partial charge < -0.3 is 5.32 Å². The number of hydrogen-bond donors (Lipinski definition) is 3. The summed E-state index contributed by atoms with van der Waals surface area (Å²) in [4.78, 5) is 46.0. The molecule has 0 atom stereocenters.